The lowest BCUT2D eigenvalue weighted by atomic mass is 10.1. The van der Waals surface area contributed by atoms with Gasteiger partial charge in [0.05, 0.1) is 16.6 Å². The van der Waals surface area contributed by atoms with Crippen LogP contribution in [-0.4, -0.2) is 22.0 Å². The van der Waals surface area contributed by atoms with Crippen LogP contribution in [0.2, 0.25) is 0 Å². The Kier molecular flexibility index (Phi) is 6.72. The summed E-state index contributed by atoms with van der Waals surface area (Å²) in [6.07, 6.45) is 3.53. The fourth-order valence-electron chi connectivity index (χ4n) is 3.84. The molecule has 0 unspecified atom stereocenters. The third-order valence-corrected chi connectivity index (χ3v) is 5.40. The van der Waals surface area contributed by atoms with E-state index in [0.29, 0.717) is 6.54 Å². The lowest BCUT2D eigenvalue weighted by Gasteiger charge is -2.10. The molecule has 158 valence electrons. The first-order valence-electron chi connectivity index (χ1n) is 10.7. The number of hydrogen-bond acceptors (Lipinski definition) is 2. The molecule has 1 aromatic heterocycles. The molecular formula is C26H26FN3O. The van der Waals surface area contributed by atoms with Gasteiger partial charge in [-0.3, -0.25) is 4.79 Å². The smallest absolute Gasteiger partial charge is 0.254 e. The van der Waals surface area contributed by atoms with Gasteiger partial charge in [-0.1, -0.05) is 54.6 Å². The Balaban J connectivity index is 1.37. The molecule has 0 bridgehead atoms. The van der Waals surface area contributed by atoms with Gasteiger partial charge in [-0.25, -0.2) is 9.37 Å². The molecule has 31 heavy (non-hydrogen) atoms. The van der Waals surface area contributed by atoms with Crippen molar-refractivity contribution in [2.75, 3.05) is 6.54 Å². The lowest BCUT2D eigenvalue weighted by Crippen LogP contribution is -2.25. The Morgan fingerprint density at radius 1 is 0.871 bits per heavy atom. The molecule has 0 saturated carbocycles. The topological polar surface area (TPSA) is 46.9 Å². The predicted octanol–water partition coefficient (Wildman–Crippen LogP) is 5.17. The fourth-order valence-corrected chi connectivity index (χ4v) is 3.84. The molecule has 1 heterocycles. The number of aromatic nitrogens is 2. The van der Waals surface area contributed by atoms with Crippen molar-refractivity contribution in [2.24, 2.45) is 0 Å². The summed E-state index contributed by atoms with van der Waals surface area (Å²) in [6.45, 7) is 1.37. The summed E-state index contributed by atoms with van der Waals surface area (Å²) in [7, 11) is 0. The predicted molar refractivity (Wildman–Crippen MR) is 122 cm³/mol. The highest BCUT2D eigenvalue weighted by Crippen LogP contribution is 2.18. The molecule has 0 radical (unpaired) electrons. The zero-order valence-electron chi connectivity index (χ0n) is 17.4. The quantitative estimate of drug-likeness (QED) is 0.383. The standard InChI is InChI=1S/C26H26FN3O/c27-22-14-5-4-13-21(22)26(31)28-18-8-17-25-29-23-15-6-7-16-24(23)30(25)19-9-12-20-10-2-1-3-11-20/h1-7,10-11,13-16H,8-9,12,17-19H2,(H,28,31). The number of aryl methyl sites for hydroxylation is 3. The van der Waals surface area contributed by atoms with Gasteiger partial charge in [-0.05, 0) is 49.1 Å². The molecule has 0 spiro atoms. The molecular weight excluding hydrogens is 389 g/mol. The molecule has 4 rings (SSSR count). The Hall–Kier alpha value is -3.47. The highest BCUT2D eigenvalue weighted by molar-refractivity contribution is 5.94. The Bertz CT molecular complexity index is 1150. The summed E-state index contributed by atoms with van der Waals surface area (Å²) in [4.78, 5) is 17.0. The summed E-state index contributed by atoms with van der Waals surface area (Å²) in [5, 5.41) is 2.81. The number of carbonyl (C=O) groups excluding carboxylic acids is 1. The molecule has 1 amide bonds. The molecule has 0 aliphatic heterocycles. The van der Waals surface area contributed by atoms with Crippen molar-refractivity contribution in [3.63, 3.8) is 0 Å². The van der Waals surface area contributed by atoms with Gasteiger partial charge in [0.1, 0.15) is 11.6 Å². The number of amides is 1. The summed E-state index contributed by atoms with van der Waals surface area (Å²) in [5.41, 5.74) is 3.55. The third kappa shape index (κ3) is 5.18. The van der Waals surface area contributed by atoms with Gasteiger partial charge in [-0.15, -0.1) is 0 Å². The van der Waals surface area contributed by atoms with E-state index in [0.717, 1.165) is 49.1 Å². The minimum atomic E-state index is -0.500. The summed E-state index contributed by atoms with van der Waals surface area (Å²) >= 11 is 0. The van der Waals surface area contributed by atoms with Crippen molar-refractivity contribution in [3.05, 3.63) is 102 Å². The third-order valence-electron chi connectivity index (χ3n) is 5.40. The van der Waals surface area contributed by atoms with E-state index in [1.807, 2.05) is 24.3 Å². The highest BCUT2D eigenvalue weighted by atomic mass is 19.1. The fraction of sp³-hybridized carbons (Fsp3) is 0.231. The Labute approximate surface area is 181 Å². The average molecular weight is 416 g/mol. The van der Waals surface area contributed by atoms with E-state index in [-0.39, 0.29) is 11.5 Å². The number of nitrogens with zero attached hydrogens (tertiary/aromatic N) is 2. The monoisotopic (exact) mass is 415 g/mol. The zero-order chi connectivity index (χ0) is 21.5. The van der Waals surface area contributed by atoms with Crippen molar-refractivity contribution in [1.82, 2.24) is 14.9 Å². The van der Waals surface area contributed by atoms with Crippen LogP contribution in [0.1, 0.15) is 34.6 Å². The lowest BCUT2D eigenvalue weighted by molar-refractivity contribution is 0.0949. The number of benzene rings is 3. The number of carbonyl (C=O) groups is 1. The normalized spacial score (nSPS) is 11.0. The molecule has 0 fully saturated rings. The number of rotatable bonds is 9. The largest absolute Gasteiger partial charge is 0.352 e. The van der Waals surface area contributed by atoms with Crippen molar-refractivity contribution in [1.29, 1.82) is 0 Å². The summed E-state index contributed by atoms with van der Waals surface area (Å²) in [6, 6.07) is 24.7. The van der Waals surface area contributed by atoms with Crippen molar-refractivity contribution in [3.8, 4) is 0 Å². The Morgan fingerprint density at radius 3 is 2.45 bits per heavy atom. The first kappa shape index (κ1) is 20.8. The highest BCUT2D eigenvalue weighted by Gasteiger charge is 2.12. The summed E-state index contributed by atoms with van der Waals surface area (Å²) < 4.78 is 16.0. The van der Waals surface area contributed by atoms with E-state index < -0.39 is 5.82 Å². The Morgan fingerprint density at radius 2 is 1.61 bits per heavy atom. The first-order valence-corrected chi connectivity index (χ1v) is 10.7. The van der Waals surface area contributed by atoms with E-state index in [9.17, 15) is 9.18 Å². The average Bonchev–Trinajstić information content (AvgIpc) is 3.15. The van der Waals surface area contributed by atoms with E-state index in [1.54, 1.807) is 12.1 Å². The molecule has 4 aromatic rings. The zero-order valence-corrected chi connectivity index (χ0v) is 17.4. The van der Waals surface area contributed by atoms with Gasteiger partial charge < -0.3 is 9.88 Å². The van der Waals surface area contributed by atoms with Gasteiger partial charge in [0.15, 0.2) is 0 Å². The molecule has 4 nitrogen and oxygen atoms in total. The van der Waals surface area contributed by atoms with Crippen molar-refractivity contribution >= 4 is 16.9 Å². The molecule has 0 aliphatic rings. The van der Waals surface area contributed by atoms with Crippen LogP contribution in [0.4, 0.5) is 4.39 Å². The number of hydrogen-bond donors (Lipinski definition) is 1. The number of nitrogens with one attached hydrogen (secondary N) is 1. The number of halogens is 1. The van der Waals surface area contributed by atoms with Crippen LogP contribution in [-0.2, 0) is 19.4 Å². The molecule has 0 atom stereocenters. The van der Waals surface area contributed by atoms with Crippen LogP contribution in [0.3, 0.4) is 0 Å². The second kappa shape index (κ2) is 10.0. The van der Waals surface area contributed by atoms with Crippen LogP contribution in [0.5, 0.6) is 0 Å². The van der Waals surface area contributed by atoms with E-state index in [4.69, 9.17) is 4.98 Å². The van der Waals surface area contributed by atoms with Gasteiger partial charge in [0.2, 0.25) is 0 Å². The second-order valence-corrected chi connectivity index (χ2v) is 7.60. The van der Waals surface area contributed by atoms with E-state index in [2.05, 4.69) is 40.2 Å². The maximum Gasteiger partial charge on any atom is 0.254 e. The minimum absolute atomic E-state index is 0.0793. The number of imidazole rings is 1. The maximum atomic E-state index is 13.8. The van der Waals surface area contributed by atoms with E-state index in [1.165, 1.54) is 17.7 Å². The van der Waals surface area contributed by atoms with Gasteiger partial charge in [-0.2, -0.15) is 0 Å². The molecule has 3 aromatic carbocycles. The van der Waals surface area contributed by atoms with Gasteiger partial charge >= 0.3 is 0 Å². The van der Waals surface area contributed by atoms with Gasteiger partial charge in [0, 0.05) is 19.5 Å². The summed E-state index contributed by atoms with van der Waals surface area (Å²) in [5.74, 6) is 0.143. The maximum absolute atomic E-state index is 13.8. The number of para-hydroxylation sites is 2. The number of fused-ring (bicyclic) bond motifs is 1. The SMILES string of the molecule is O=C(NCCCc1nc2ccccc2n1CCCc1ccccc1)c1ccccc1F. The van der Waals surface area contributed by atoms with Crippen LogP contribution >= 0.6 is 0 Å². The van der Waals surface area contributed by atoms with Crippen LogP contribution < -0.4 is 5.32 Å². The molecule has 1 N–H and O–H groups in total. The van der Waals surface area contributed by atoms with Crippen molar-refractivity contribution < 1.29 is 9.18 Å². The van der Waals surface area contributed by atoms with Crippen LogP contribution in [0, 0.1) is 5.82 Å². The van der Waals surface area contributed by atoms with Gasteiger partial charge in [0.25, 0.3) is 5.91 Å². The van der Waals surface area contributed by atoms with Crippen LogP contribution in [0.15, 0.2) is 78.9 Å². The van der Waals surface area contributed by atoms with Crippen LogP contribution in [0.25, 0.3) is 11.0 Å². The van der Waals surface area contributed by atoms with Crippen molar-refractivity contribution in [2.45, 2.75) is 32.2 Å². The first-order chi connectivity index (χ1) is 15.2. The molecule has 5 heteroatoms. The second-order valence-electron chi connectivity index (χ2n) is 7.60. The molecule has 0 saturated heterocycles. The minimum Gasteiger partial charge on any atom is -0.352 e. The molecule has 0 aliphatic carbocycles. The van der Waals surface area contributed by atoms with E-state index >= 15 is 0 Å².